The van der Waals surface area contributed by atoms with Gasteiger partial charge in [-0.05, 0) is 55.7 Å². The minimum absolute atomic E-state index is 0.0283. The van der Waals surface area contributed by atoms with Gasteiger partial charge < -0.3 is 10.2 Å². The molecule has 0 unspecified atom stereocenters. The Hall–Kier alpha value is -2.93. The second-order valence-electron chi connectivity index (χ2n) is 6.74. The van der Waals surface area contributed by atoms with Gasteiger partial charge in [0, 0.05) is 46.7 Å². The Morgan fingerprint density at radius 3 is 2.63 bits per heavy atom. The molecule has 0 bridgehead atoms. The summed E-state index contributed by atoms with van der Waals surface area (Å²) in [6.07, 6.45) is 2.45. The van der Waals surface area contributed by atoms with E-state index in [2.05, 4.69) is 16.3 Å². The van der Waals surface area contributed by atoms with E-state index in [1.807, 2.05) is 19.1 Å². The zero-order chi connectivity index (χ0) is 19.0. The van der Waals surface area contributed by atoms with Crippen LogP contribution in [0, 0.1) is 17.0 Å². The third kappa shape index (κ3) is 3.50. The number of anilines is 2. The van der Waals surface area contributed by atoms with Crippen molar-refractivity contribution in [3.63, 3.8) is 0 Å². The lowest BCUT2D eigenvalue weighted by atomic mass is 10.1. The number of rotatable bonds is 4. The van der Waals surface area contributed by atoms with Crippen LogP contribution in [-0.2, 0) is 0 Å². The van der Waals surface area contributed by atoms with E-state index in [0.29, 0.717) is 10.3 Å². The van der Waals surface area contributed by atoms with Crippen molar-refractivity contribution in [1.29, 1.82) is 0 Å². The molecule has 7 heteroatoms. The summed E-state index contributed by atoms with van der Waals surface area (Å²) < 4.78 is 0.854. The molecule has 2 heterocycles. The zero-order valence-corrected chi connectivity index (χ0v) is 15.7. The second-order valence-corrected chi connectivity index (χ2v) is 7.82. The van der Waals surface area contributed by atoms with E-state index < -0.39 is 4.92 Å². The van der Waals surface area contributed by atoms with Gasteiger partial charge in [0.25, 0.3) is 11.6 Å². The molecule has 1 amide bonds. The lowest BCUT2D eigenvalue weighted by Gasteiger charge is -2.19. The average Bonchev–Trinajstić information content (AvgIpc) is 3.32. The number of fused-ring (bicyclic) bond motifs is 1. The fourth-order valence-electron chi connectivity index (χ4n) is 3.40. The summed E-state index contributed by atoms with van der Waals surface area (Å²) in [7, 11) is 0. The SMILES string of the molecule is Cc1cc(N2CCCC2)ccc1NC(=O)c1cc2cc([N+](=O)[O-])ccc2s1. The Morgan fingerprint density at radius 2 is 1.93 bits per heavy atom. The van der Waals surface area contributed by atoms with Crippen molar-refractivity contribution in [2.45, 2.75) is 19.8 Å². The van der Waals surface area contributed by atoms with Gasteiger partial charge in [0.1, 0.15) is 0 Å². The monoisotopic (exact) mass is 381 g/mol. The maximum atomic E-state index is 12.7. The van der Waals surface area contributed by atoms with Crippen molar-refractivity contribution in [2.24, 2.45) is 0 Å². The van der Waals surface area contributed by atoms with Crippen molar-refractivity contribution in [2.75, 3.05) is 23.3 Å². The molecule has 138 valence electrons. The van der Waals surface area contributed by atoms with Crippen molar-refractivity contribution in [3.05, 3.63) is 63.0 Å². The second kappa shape index (κ2) is 7.00. The number of non-ortho nitro benzene ring substituents is 1. The van der Waals surface area contributed by atoms with E-state index in [1.165, 1.54) is 42.0 Å². The van der Waals surface area contributed by atoms with E-state index in [0.717, 1.165) is 29.0 Å². The highest BCUT2D eigenvalue weighted by Crippen LogP contribution is 2.30. The van der Waals surface area contributed by atoms with Crippen molar-refractivity contribution >= 4 is 44.4 Å². The standard InChI is InChI=1S/C20H19N3O3S/c1-13-10-15(22-8-2-3-9-22)4-6-17(13)21-20(24)19-12-14-11-16(23(25)26)5-7-18(14)27-19/h4-7,10-12H,2-3,8-9H2,1H3,(H,21,24). The Labute approximate surface area is 160 Å². The van der Waals surface area contributed by atoms with E-state index in [1.54, 1.807) is 12.1 Å². The van der Waals surface area contributed by atoms with Gasteiger partial charge in [-0.25, -0.2) is 0 Å². The molecule has 0 radical (unpaired) electrons. The largest absolute Gasteiger partial charge is 0.372 e. The first kappa shape index (κ1) is 17.5. The van der Waals surface area contributed by atoms with Gasteiger partial charge in [-0.15, -0.1) is 11.3 Å². The smallest absolute Gasteiger partial charge is 0.270 e. The highest BCUT2D eigenvalue weighted by atomic mass is 32.1. The summed E-state index contributed by atoms with van der Waals surface area (Å²) in [5.41, 5.74) is 3.02. The number of hydrogen-bond acceptors (Lipinski definition) is 5. The van der Waals surface area contributed by atoms with Gasteiger partial charge >= 0.3 is 0 Å². The predicted octanol–water partition coefficient (Wildman–Crippen LogP) is 4.97. The molecule has 0 aliphatic carbocycles. The van der Waals surface area contributed by atoms with E-state index >= 15 is 0 Å². The molecule has 1 aliphatic heterocycles. The van der Waals surface area contributed by atoms with Crippen LogP contribution in [0.2, 0.25) is 0 Å². The Morgan fingerprint density at radius 1 is 1.15 bits per heavy atom. The summed E-state index contributed by atoms with van der Waals surface area (Å²) in [6.45, 7) is 4.15. The molecular weight excluding hydrogens is 362 g/mol. The number of nitrogens with one attached hydrogen (secondary N) is 1. The van der Waals surface area contributed by atoms with E-state index in [4.69, 9.17) is 0 Å². The van der Waals surface area contributed by atoms with Gasteiger partial charge in [0.05, 0.1) is 9.80 Å². The van der Waals surface area contributed by atoms with E-state index in [-0.39, 0.29) is 11.6 Å². The molecule has 1 aliphatic rings. The topological polar surface area (TPSA) is 75.5 Å². The number of nitro groups is 1. The van der Waals surface area contributed by atoms with Crippen LogP contribution >= 0.6 is 11.3 Å². The number of benzene rings is 2. The fraction of sp³-hybridized carbons (Fsp3) is 0.250. The fourth-order valence-corrected chi connectivity index (χ4v) is 4.34. The summed E-state index contributed by atoms with van der Waals surface area (Å²) in [5, 5.41) is 14.6. The van der Waals surface area contributed by atoms with Crippen LogP contribution in [0.25, 0.3) is 10.1 Å². The van der Waals surface area contributed by atoms with Gasteiger partial charge in [0.15, 0.2) is 0 Å². The summed E-state index contributed by atoms with van der Waals surface area (Å²) in [4.78, 5) is 26.0. The third-order valence-corrected chi connectivity index (χ3v) is 5.98. The van der Waals surface area contributed by atoms with Crippen LogP contribution in [-0.4, -0.2) is 23.9 Å². The first-order valence-corrected chi connectivity index (χ1v) is 9.68. The van der Waals surface area contributed by atoms with Crippen LogP contribution in [0.5, 0.6) is 0 Å². The van der Waals surface area contributed by atoms with Crippen LogP contribution < -0.4 is 10.2 Å². The molecule has 6 nitrogen and oxygen atoms in total. The summed E-state index contributed by atoms with van der Waals surface area (Å²) in [6, 6.07) is 12.4. The van der Waals surface area contributed by atoms with Gasteiger partial charge in [-0.1, -0.05) is 0 Å². The number of amides is 1. The van der Waals surface area contributed by atoms with Gasteiger partial charge in [-0.3, -0.25) is 14.9 Å². The number of carbonyl (C=O) groups excluding carboxylic acids is 1. The Bertz CT molecular complexity index is 1040. The molecular formula is C20H19N3O3S. The molecule has 1 saturated heterocycles. The number of aryl methyl sites for hydroxylation is 1. The maximum Gasteiger partial charge on any atom is 0.270 e. The normalized spacial score (nSPS) is 13.9. The molecule has 27 heavy (non-hydrogen) atoms. The number of thiophene rings is 1. The van der Waals surface area contributed by atoms with Crippen LogP contribution in [0.3, 0.4) is 0 Å². The molecule has 2 aromatic carbocycles. The number of carbonyl (C=O) groups is 1. The van der Waals surface area contributed by atoms with Crippen LogP contribution in [0.15, 0.2) is 42.5 Å². The Kier molecular flexibility index (Phi) is 4.53. The van der Waals surface area contributed by atoms with E-state index in [9.17, 15) is 14.9 Å². The first-order chi connectivity index (χ1) is 13.0. The third-order valence-electron chi connectivity index (χ3n) is 4.86. The van der Waals surface area contributed by atoms with Crippen molar-refractivity contribution < 1.29 is 9.72 Å². The lowest BCUT2D eigenvalue weighted by molar-refractivity contribution is -0.384. The van der Waals surface area contributed by atoms with Gasteiger partial charge in [0.2, 0.25) is 0 Å². The molecule has 3 aromatic rings. The quantitative estimate of drug-likeness (QED) is 0.511. The van der Waals surface area contributed by atoms with Crippen LogP contribution in [0.4, 0.5) is 17.1 Å². The molecule has 0 spiro atoms. The maximum absolute atomic E-state index is 12.7. The average molecular weight is 381 g/mol. The molecule has 0 saturated carbocycles. The Balaban J connectivity index is 1.55. The highest BCUT2D eigenvalue weighted by molar-refractivity contribution is 7.20. The minimum Gasteiger partial charge on any atom is -0.372 e. The molecule has 4 rings (SSSR count). The van der Waals surface area contributed by atoms with Crippen LogP contribution in [0.1, 0.15) is 28.1 Å². The molecule has 0 atom stereocenters. The number of nitro benzene ring substituents is 1. The number of hydrogen-bond donors (Lipinski definition) is 1. The zero-order valence-electron chi connectivity index (χ0n) is 14.9. The predicted molar refractivity (Wildman–Crippen MR) is 109 cm³/mol. The molecule has 1 fully saturated rings. The molecule has 1 N–H and O–H groups in total. The molecule has 1 aromatic heterocycles. The van der Waals surface area contributed by atoms with Gasteiger partial charge in [-0.2, -0.15) is 0 Å². The minimum atomic E-state index is -0.428. The lowest BCUT2D eigenvalue weighted by Crippen LogP contribution is -2.18. The first-order valence-electron chi connectivity index (χ1n) is 8.86. The summed E-state index contributed by atoms with van der Waals surface area (Å²) in [5.74, 6) is -0.198. The van der Waals surface area contributed by atoms with Crippen molar-refractivity contribution in [3.8, 4) is 0 Å². The number of nitrogens with zero attached hydrogens (tertiary/aromatic N) is 2. The highest BCUT2D eigenvalue weighted by Gasteiger charge is 2.16. The summed E-state index contributed by atoms with van der Waals surface area (Å²) >= 11 is 1.33. The van der Waals surface area contributed by atoms with Crippen molar-refractivity contribution in [1.82, 2.24) is 0 Å².